The van der Waals surface area contributed by atoms with Gasteiger partial charge >= 0.3 is 6.18 Å². The second-order valence-electron chi connectivity index (χ2n) is 5.27. The Hall–Kier alpha value is -2.24. The van der Waals surface area contributed by atoms with E-state index in [0.717, 1.165) is 34.2 Å². The first-order valence-corrected chi connectivity index (χ1v) is 7.34. The number of aryl methyl sites for hydroxylation is 2. The number of alkyl halides is 3. The van der Waals surface area contributed by atoms with E-state index in [-0.39, 0.29) is 6.54 Å². The molecule has 1 heterocycles. The molecule has 124 valence electrons. The summed E-state index contributed by atoms with van der Waals surface area (Å²) in [6.07, 6.45) is -2.36. The number of nitrogens with zero attached hydrogens (tertiary/aromatic N) is 1. The Morgan fingerprint density at radius 3 is 2.52 bits per heavy atom. The van der Waals surface area contributed by atoms with Gasteiger partial charge in [-0.15, -0.1) is 0 Å². The summed E-state index contributed by atoms with van der Waals surface area (Å²) in [6, 6.07) is 9.36. The number of halogens is 3. The topological polar surface area (TPSA) is 31.2 Å². The highest BCUT2D eigenvalue weighted by Gasteiger charge is 2.30. The van der Waals surface area contributed by atoms with Gasteiger partial charge in [-0.3, -0.25) is 4.79 Å². The largest absolute Gasteiger partial charge is 0.493 e. The number of benzene rings is 1. The fourth-order valence-corrected chi connectivity index (χ4v) is 2.16. The molecule has 0 amide bonds. The molecule has 0 N–H and O–H groups in total. The third kappa shape index (κ3) is 4.87. The summed E-state index contributed by atoms with van der Waals surface area (Å²) < 4.78 is 44.6. The molecule has 0 bridgehead atoms. The van der Waals surface area contributed by atoms with Gasteiger partial charge < -0.3 is 9.30 Å². The molecule has 0 atom stereocenters. The molecule has 0 fully saturated rings. The molecule has 1 aromatic heterocycles. The number of para-hydroxylation sites is 1. The van der Waals surface area contributed by atoms with Crippen LogP contribution in [0, 0.1) is 6.92 Å². The van der Waals surface area contributed by atoms with Crippen LogP contribution in [0.3, 0.4) is 0 Å². The van der Waals surface area contributed by atoms with E-state index in [4.69, 9.17) is 4.74 Å². The van der Waals surface area contributed by atoms with E-state index in [2.05, 4.69) is 0 Å². The quantitative estimate of drug-likeness (QED) is 0.751. The van der Waals surface area contributed by atoms with Crippen LogP contribution in [0.5, 0.6) is 5.75 Å². The fourth-order valence-electron chi connectivity index (χ4n) is 2.16. The predicted molar refractivity (Wildman–Crippen MR) is 81.6 cm³/mol. The van der Waals surface area contributed by atoms with Crippen LogP contribution in [0.25, 0.3) is 0 Å². The van der Waals surface area contributed by atoms with Gasteiger partial charge in [0.1, 0.15) is 5.75 Å². The van der Waals surface area contributed by atoms with Crippen LogP contribution in [0.15, 0.2) is 47.4 Å². The average Bonchev–Trinajstić information content (AvgIpc) is 2.49. The molecule has 0 aliphatic rings. The summed E-state index contributed by atoms with van der Waals surface area (Å²) in [5.74, 6) is 0.795. The van der Waals surface area contributed by atoms with Crippen LogP contribution in [-0.2, 0) is 12.7 Å². The Labute approximate surface area is 132 Å². The van der Waals surface area contributed by atoms with Crippen molar-refractivity contribution in [1.29, 1.82) is 0 Å². The zero-order valence-corrected chi connectivity index (χ0v) is 12.8. The Balaban J connectivity index is 1.85. The number of hydrogen-bond donors (Lipinski definition) is 0. The van der Waals surface area contributed by atoms with Gasteiger partial charge in [0.2, 0.25) is 0 Å². The number of pyridine rings is 1. The molecule has 2 aromatic rings. The zero-order chi connectivity index (χ0) is 16.9. The molecular formula is C17H18F3NO2. The average molecular weight is 325 g/mol. The van der Waals surface area contributed by atoms with Gasteiger partial charge in [0, 0.05) is 18.8 Å². The molecule has 0 saturated heterocycles. The third-order valence-corrected chi connectivity index (χ3v) is 3.46. The maximum atomic E-state index is 12.6. The van der Waals surface area contributed by atoms with Crippen LogP contribution in [0.4, 0.5) is 13.2 Å². The molecule has 0 unspecified atom stereocenters. The van der Waals surface area contributed by atoms with Crippen LogP contribution in [0.1, 0.15) is 24.0 Å². The molecular weight excluding hydrogens is 307 g/mol. The molecule has 6 heteroatoms. The lowest BCUT2D eigenvalue weighted by molar-refractivity contribution is -0.138. The lowest BCUT2D eigenvalue weighted by atomic mass is 10.2. The summed E-state index contributed by atoms with van der Waals surface area (Å²) in [4.78, 5) is 11.6. The monoisotopic (exact) mass is 325 g/mol. The summed E-state index contributed by atoms with van der Waals surface area (Å²) in [5.41, 5.74) is -0.215. The van der Waals surface area contributed by atoms with E-state index in [1.165, 1.54) is 0 Å². The zero-order valence-electron chi connectivity index (χ0n) is 12.8. The third-order valence-electron chi connectivity index (χ3n) is 3.46. The molecule has 0 aliphatic heterocycles. The van der Waals surface area contributed by atoms with Gasteiger partial charge in [0.05, 0.1) is 12.2 Å². The van der Waals surface area contributed by atoms with Gasteiger partial charge in [0.25, 0.3) is 5.56 Å². The van der Waals surface area contributed by atoms with Gasteiger partial charge in [-0.05, 0) is 37.5 Å². The van der Waals surface area contributed by atoms with Crippen molar-refractivity contribution in [3.05, 3.63) is 64.1 Å². The van der Waals surface area contributed by atoms with Crippen molar-refractivity contribution in [1.82, 2.24) is 4.57 Å². The first-order valence-electron chi connectivity index (χ1n) is 7.34. The van der Waals surface area contributed by atoms with Crippen molar-refractivity contribution in [2.24, 2.45) is 0 Å². The first kappa shape index (κ1) is 17.1. The highest BCUT2D eigenvalue weighted by molar-refractivity contribution is 5.31. The Bertz CT molecular complexity index is 707. The van der Waals surface area contributed by atoms with Crippen LogP contribution < -0.4 is 10.3 Å². The SMILES string of the molecule is Cc1ccccc1OCCCCn1cc(C(F)(F)F)ccc1=O. The van der Waals surface area contributed by atoms with E-state index in [9.17, 15) is 18.0 Å². The number of hydrogen-bond acceptors (Lipinski definition) is 2. The Morgan fingerprint density at radius 2 is 1.83 bits per heavy atom. The second kappa shape index (κ2) is 7.35. The van der Waals surface area contributed by atoms with Crippen molar-refractivity contribution >= 4 is 0 Å². The van der Waals surface area contributed by atoms with E-state index >= 15 is 0 Å². The summed E-state index contributed by atoms with van der Waals surface area (Å²) in [5, 5.41) is 0. The standard InChI is InChI=1S/C17H18F3NO2/c1-13-6-2-3-7-15(13)23-11-5-4-10-21-12-14(17(18,19)20)8-9-16(21)22/h2-3,6-9,12H,4-5,10-11H2,1H3. The number of unbranched alkanes of at least 4 members (excludes halogenated alkanes) is 1. The lowest BCUT2D eigenvalue weighted by Gasteiger charge is -2.11. The first-order chi connectivity index (χ1) is 10.9. The van der Waals surface area contributed by atoms with Gasteiger partial charge in [-0.2, -0.15) is 13.2 Å². The van der Waals surface area contributed by atoms with E-state index in [1.54, 1.807) is 0 Å². The molecule has 0 radical (unpaired) electrons. The van der Waals surface area contributed by atoms with E-state index < -0.39 is 17.3 Å². The summed E-state index contributed by atoms with van der Waals surface area (Å²) in [7, 11) is 0. The second-order valence-corrected chi connectivity index (χ2v) is 5.27. The van der Waals surface area contributed by atoms with E-state index in [0.29, 0.717) is 19.4 Å². The lowest BCUT2D eigenvalue weighted by Crippen LogP contribution is -2.21. The minimum absolute atomic E-state index is 0.236. The minimum atomic E-state index is -4.44. The van der Waals surface area contributed by atoms with Gasteiger partial charge in [-0.25, -0.2) is 0 Å². The van der Waals surface area contributed by atoms with Crippen LogP contribution >= 0.6 is 0 Å². The Morgan fingerprint density at radius 1 is 1.09 bits per heavy atom. The fraction of sp³-hybridized carbons (Fsp3) is 0.353. The van der Waals surface area contributed by atoms with Gasteiger partial charge in [0.15, 0.2) is 0 Å². The molecule has 3 nitrogen and oxygen atoms in total. The normalized spacial score (nSPS) is 11.5. The van der Waals surface area contributed by atoms with Crippen molar-refractivity contribution in [2.75, 3.05) is 6.61 Å². The number of rotatable bonds is 6. The molecule has 23 heavy (non-hydrogen) atoms. The molecule has 0 saturated carbocycles. The smallest absolute Gasteiger partial charge is 0.417 e. The van der Waals surface area contributed by atoms with E-state index in [1.807, 2.05) is 31.2 Å². The predicted octanol–water partition coefficient (Wildman–Crippen LogP) is 4.03. The van der Waals surface area contributed by atoms with Crippen LogP contribution in [0.2, 0.25) is 0 Å². The van der Waals surface area contributed by atoms with Crippen molar-refractivity contribution in [2.45, 2.75) is 32.5 Å². The highest BCUT2D eigenvalue weighted by atomic mass is 19.4. The van der Waals surface area contributed by atoms with Crippen molar-refractivity contribution in [3.63, 3.8) is 0 Å². The molecule has 2 rings (SSSR count). The number of ether oxygens (including phenoxy) is 1. The van der Waals surface area contributed by atoms with Gasteiger partial charge in [-0.1, -0.05) is 18.2 Å². The minimum Gasteiger partial charge on any atom is -0.493 e. The maximum absolute atomic E-state index is 12.6. The highest BCUT2D eigenvalue weighted by Crippen LogP contribution is 2.28. The molecule has 0 spiro atoms. The Kier molecular flexibility index (Phi) is 5.47. The maximum Gasteiger partial charge on any atom is 0.417 e. The van der Waals surface area contributed by atoms with Crippen LogP contribution in [-0.4, -0.2) is 11.2 Å². The molecule has 0 aliphatic carbocycles. The van der Waals surface area contributed by atoms with Crippen molar-refractivity contribution in [3.8, 4) is 5.75 Å². The summed E-state index contributed by atoms with van der Waals surface area (Å²) in [6.45, 7) is 2.63. The number of aromatic nitrogens is 1. The summed E-state index contributed by atoms with van der Waals surface area (Å²) >= 11 is 0. The molecule has 1 aromatic carbocycles. The van der Waals surface area contributed by atoms with Crippen molar-refractivity contribution < 1.29 is 17.9 Å².